The summed E-state index contributed by atoms with van der Waals surface area (Å²) in [6, 6.07) is 24.4. The van der Waals surface area contributed by atoms with Crippen LogP contribution in [0, 0.1) is 0 Å². The van der Waals surface area contributed by atoms with Gasteiger partial charge in [0.15, 0.2) is 0 Å². The number of piperazine rings is 1. The van der Waals surface area contributed by atoms with Gasteiger partial charge in [-0.2, -0.15) is 0 Å². The molecular weight excluding hydrogens is 442 g/mol. The van der Waals surface area contributed by atoms with Crippen LogP contribution in [0.4, 0.5) is 5.69 Å². The van der Waals surface area contributed by atoms with Crippen molar-refractivity contribution in [2.75, 3.05) is 44.2 Å². The summed E-state index contributed by atoms with van der Waals surface area (Å²) < 4.78 is 2.03. The molecule has 1 aliphatic heterocycles. The molecule has 0 unspecified atom stereocenters. The van der Waals surface area contributed by atoms with Gasteiger partial charge in [-0.1, -0.05) is 24.3 Å². The number of nitrogens with zero attached hydrogens (tertiary/aromatic N) is 4. The number of fused-ring (bicyclic) bond motifs is 1. The zero-order chi connectivity index (χ0) is 23.2. The van der Waals surface area contributed by atoms with E-state index in [2.05, 4.69) is 56.6 Å². The third-order valence-electron chi connectivity index (χ3n) is 6.12. The molecule has 0 spiro atoms. The second-order valence-corrected chi connectivity index (χ2v) is 9.48. The lowest BCUT2D eigenvalue weighted by atomic mass is 10.2. The lowest BCUT2D eigenvalue weighted by Crippen LogP contribution is -2.48. The maximum Gasteiger partial charge on any atom is 0.251 e. The van der Waals surface area contributed by atoms with Crippen LogP contribution in [0.3, 0.4) is 0 Å². The largest absolute Gasteiger partial charge is 0.369 e. The average molecular weight is 472 g/mol. The standard InChI is InChI=1S/C27H29N5OS/c33-27(28-13-15-30-16-18-31(19-17-30)24-6-2-1-3-7-24)22-9-11-25(12-10-22)34-21-23-20-32-14-5-4-8-26(32)29-23/h1-12,14,20H,13,15-19,21H2,(H,28,33). The highest BCUT2D eigenvalue weighted by molar-refractivity contribution is 7.98. The Hall–Kier alpha value is -3.29. The highest BCUT2D eigenvalue weighted by Gasteiger charge is 2.17. The van der Waals surface area contributed by atoms with E-state index in [1.165, 1.54) is 5.69 Å². The Kier molecular flexibility index (Phi) is 7.12. The molecule has 0 aliphatic carbocycles. The summed E-state index contributed by atoms with van der Waals surface area (Å²) in [4.78, 5) is 23.2. The predicted octanol–water partition coefficient (Wildman–Crippen LogP) is 4.18. The van der Waals surface area contributed by atoms with Gasteiger partial charge in [-0.15, -0.1) is 11.8 Å². The Bertz CT molecular complexity index is 1180. The van der Waals surface area contributed by atoms with Crippen LogP contribution in [-0.4, -0.2) is 59.5 Å². The van der Waals surface area contributed by atoms with Crippen molar-refractivity contribution in [3.05, 3.63) is 96.4 Å². The maximum atomic E-state index is 12.6. The molecule has 0 radical (unpaired) electrons. The van der Waals surface area contributed by atoms with E-state index in [0.29, 0.717) is 12.1 Å². The molecule has 0 bridgehead atoms. The molecule has 3 heterocycles. The van der Waals surface area contributed by atoms with Crippen molar-refractivity contribution >= 4 is 29.0 Å². The number of imidazole rings is 1. The van der Waals surface area contributed by atoms with Gasteiger partial charge in [-0.25, -0.2) is 4.98 Å². The van der Waals surface area contributed by atoms with E-state index in [1.807, 2.05) is 53.1 Å². The molecule has 174 valence electrons. The summed E-state index contributed by atoms with van der Waals surface area (Å²) in [5, 5.41) is 3.07. The van der Waals surface area contributed by atoms with E-state index >= 15 is 0 Å². The molecule has 7 heteroatoms. The first kappa shape index (κ1) is 22.5. The third kappa shape index (κ3) is 5.61. The highest BCUT2D eigenvalue weighted by Crippen LogP contribution is 2.23. The first-order chi connectivity index (χ1) is 16.7. The van der Waals surface area contributed by atoms with Crippen molar-refractivity contribution in [1.82, 2.24) is 19.6 Å². The summed E-state index contributed by atoms with van der Waals surface area (Å²) in [6.07, 6.45) is 4.07. The molecule has 0 saturated carbocycles. The smallest absolute Gasteiger partial charge is 0.251 e. The molecule has 1 aliphatic rings. The molecular formula is C27H29N5OS. The minimum Gasteiger partial charge on any atom is -0.369 e. The number of benzene rings is 2. The van der Waals surface area contributed by atoms with Crippen LogP contribution < -0.4 is 10.2 Å². The van der Waals surface area contributed by atoms with Crippen LogP contribution >= 0.6 is 11.8 Å². The molecule has 2 aromatic carbocycles. The van der Waals surface area contributed by atoms with Gasteiger partial charge in [0.1, 0.15) is 5.65 Å². The second-order valence-electron chi connectivity index (χ2n) is 8.43. The molecule has 5 rings (SSSR count). The molecule has 1 fully saturated rings. The van der Waals surface area contributed by atoms with Gasteiger partial charge in [0.25, 0.3) is 5.91 Å². The van der Waals surface area contributed by atoms with Gasteiger partial charge in [-0.3, -0.25) is 9.69 Å². The summed E-state index contributed by atoms with van der Waals surface area (Å²) in [6.45, 7) is 5.61. The Balaban J connectivity index is 1.04. The number of pyridine rings is 1. The van der Waals surface area contributed by atoms with Crippen molar-refractivity contribution in [3.8, 4) is 0 Å². The first-order valence-corrected chi connectivity index (χ1v) is 12.7. The number of hydrogen-bond donors (Lipinski definition) is 1. The predicted molar refractivity (Wildman–Crippen MR) is 139 cm³/mol. The van der Waals surface area contributed by atoms with E-state index in [1.54, 1.807) is 11.8 Å². The Morgan fingerprint density at radius 1 is 0.912 bits per heavy atom. The molecule has 0 atom stereocenters. The number of amides is 1. The molecule has 6 nitrogen and oxygen atoms in total. The number of nitrogens with one attached hydrogen (secondary N) is 1. The summed E-state index contributed by atoms with van der Waals surface area (Å²) >= 11 is 1.73. The Labute approximate surface area is 204 Å². The van der Waals surface area contributed by atoms with Crippen molar-refractivity contribution in [2.45, 2.75) is 10.6 Å². The van der Waals surface area contributed by atoms with Gasteiger partial charge < -0.3 is 14.6 Å². The molecule has 34 heavy (non-hydrogen) atoms. The number of hydrogen-bond acceptors (Lipinski definition) is 5. The van der Waals surface area contributed by atoms with Gasteiger partial charge in [0, 0.05) is 73.6 Å². The lowest BCUT2D eigenvalue weighted by Gasteiger charge is -2.36. The van der Waals surface area contributed by atoms with Crippen LogP contribution in [0.5, 0.6) is 0 Å². The fourth-order valence-electron chi connectivity index (χ4n) is 4.21. The van der Waals surface area contributed by atoms with Gasteiger partial charge >= 0.3 is 0 Å². The topological polar surface area (TPSA) is 52.9 Å². The summed E-state index contributed by atoms with van der Waals surface area (Å²) in [7, 11) is 0. The SMILES string of the molecule is O=C(NCCN1CCN(c2ccccc2)CC1)c1ccc(SCc2cn3ccccc3n2)cc1. The van der Waals surface area contributed by atoms with E-state index in [9.17, 15) is 4.79 Å². The van der Waals surface area contributed by atoms with E-state index < -0.39 is 0 Å². The lowest BCUT2D eigenvalue weighted by molar-refractivity contribution is 0.0947. The zero-order valence-corrected chi connectivity index (χ0v) is 20.0. The molecule has 1 N–H and O–H groups in total. The van der Waals surface area contributed by atoms with E-state index in [-0.39, 0.29) is 5.91 Å². The quantitative estimate of drug-likeness (QED) is 0.391. The summed E-state index contributed by atoms with van der Waals surface area (Å²) in [5.41, 5.74) is 3.99. The van der Waals surface area contributed by atoms with E-state index in [4.69, 9.17) is 0 Å². The Morgan fingerprint density at radius 2 is 1.68 bits per heavy atom. The number of carbonyl (C=O) groups excluding carboxylic acids is 1. The van der Waals surface area contributed by atoms with Gasteiger partial charge in [-0.05, 0) is 48.5 Å². The van der Waals surface area contributed by atoms with E-state index in [0.717, 1.165) is 54.7 Å². The number of para-hydroxylation sites is 1. The van der Waals surface area contributed by atoms with Crippen LogP contribution in [0.2, 0.25) is 0 Å². The second kappa shape index (κ2) is 10.8. The fourth-order valence-corrected chi connectivity index (χ4v) is 5.00. The summed E-state index contributed by atoms with van der Waals surface area (Å²) in [5.74, 6) is 0.782. The average Bonchev–Trinajstić information content (AvgIpc) is 3.32. The third-order valence-corrected chi connectivity index (χ3v) is 7.17. The van der Waals surface area contributed by atoms with Gasteiger partial charge in [0.05, 0.1) is 5.69 Å². The van der Waals surface area contributed by atoms with Crippen LogP contribution in [0.1, 0.15) is 16.1 Å². The molecule has 4 aromatic rings. The monoisotopic (exact) mass is 471 g/mol. The van der Waals surface area contributed by atoms with Gasteiger partial charge in [0.2, 0.25) is 0 Å². The fraction of sp³-hybridized carbons (Fsp3) is 0.259. The normalized spacial score (nSPS) is 14.4. The van der Waals surface area contributed by atoms with Crippen LogP contribution in [0.15, 0.2) is 90.1 Å². The molecule has 1 saturated heterocycles. The van der Waals surface area contributed by atoms with Crippen LogP contribution in [-0.2, 0) is 5.75 Å². The number of carbonyl (C=O) groups is 1. The van der Waals surface area contributed by atoms with Crippen molar-refractivity contribution in [3.63, 3.8) is 0 Å². The van der Waals surface area contributed by atoms with Crippen molar-refractivity contribution < 1.29 is 4.79 Å². The minimum absolute atomic E-state index is 0.0141. The number of thioether (sulfide) groups is 1. The maximum absolute atomic E-state index is 12.6. The van der Waals surface area contributed by atoms with Crippen molar-refractivity contribution in [1.29, 1.82) is 0 Å². The number of anilines is 1. The number of aromatic nitrogens is 2. The minimum atomic E-state index is -0.0141. The highest BCUT2D eigenvalue weighted by atomic mass is 32.2. The first-order valence-electron chi connectivity index (χ1n) is 11.7. The molecule has 2 aromatic heterocycles. The zero-order valence-electron chi connectivity index (χ0n) is 19.1. The molecule has 1 amide bonds. The number of rotatable bonds is 8. The van der Waals surface area contributed by atoms with Crippen molar-refractivity contribution in [2.24, 2.45) is 0 Å². The van der Waals surface area contributed by atoms with Crippen LogP contribution in [0.25, 0.3) is 5.65 Å². The Morgan fingerprint density at radius 3 is 2.44 bits per heavy atom.